The van der Waals surface area contributed by atoms with Gasteiger partial charge in [-0.1, -0.05) is 19.3 Å². The lowest BCUT2D eigenvalue weighted by Crippen LogP contribution is -2.28. The van der Waals surface area contributed by atoms with Gasteiger partial charge in [-0.3, -0.25) is 0 Å². The number of hydrogen-bond acceptors (Lipinski definition) is 3. The van der Waals surface area contributed by atoms with Crippen LogP contribution in [0.15, 0.2) is 17.0 Å². The Hall–Kier alpha value is -1.07. The third-order valence-electron chi connectivity index (χ3n) is 4.18. The summed E-state index contributed by atoms with van der Waals surface area (Å²) < 4.78 is 27.8. The van der Waals surface area contributed by atoms with Crippen LogP contribution in [0.2, 0.25) is 0 Å². The quantitative estimate of drug-likeness (QED) is 0.813. The summed E-state index contributed by atoms with van der Waals surface area (Å²) in [7, 11) is -3.41. The molecule has 1 saturated carbocycles. The fraction of sp³-hybridized carbons (Fsp3) is 0.625. The van der Waals surface area contributed by atoms with E-state index < -0.39 is 10.0 Å². The van der Waals surface area contributed by atoms with E-state index in [1.807, 2.05) is 32.9 Å². The highest BCUT2D eigenvalue weighted by molar-refractivity contribution is 7.89. The molecule has 0 bridgehead atoms. The first-order valence-electron chi connectivity index (χ1n) is 7.79. The van der Waals surface area contributed by atoms with Crippen LogP contribution in [0.3, 0.4) is 0 Å². The summed E-state index contributed by atoms with van der Waals surface area (Å²) in [5.74, 6) is 0.714. The van der Waals surface area contributed by atoms with E-state index in [0.717, 1.165) is 29.8 Å². The Balaban J connectivity index is 2.10. The summed E-state index contributed by atoms with van der Waals surface area (Å²) in [4.78, 5) is 0.428. The van der Waals surface area contributed by atoms with Crippen LogP contribution in [0.4, 0.5) is 5.69 Å². The molecule has 5 heteroatoms. The van der Waals surface area contributed by atoms with Crippen LogP contribution in [0.5, 0.6) is 0 Å². The molecule has 2 rings (SSSR count). The molecule has 4 nitrogen and oxygen atoms in total. The number of sulfonamides is 1. The minimum absolute atomic E-state index is 0.428. The number of rotatable bonds is 7. The van der Waals surface area contributed by atoms with Gasteiger partial charge in [0, 0.05) is 18.8 Å². The Kier molecular flexibility index (Phi) is 5.27. The minimum atomic E-state index is -3.41. The van der Waals surface area contributed by atoms with E-state index in [1.165, 1.54) is 19.3 Å². The Morgan fingerprint density at radius 3 is 2.29 bits per heavy atom. The SMILES string of the molecule is CCNc1cc(C)c(S(=O)(=O)NCCC2CCC2)c(C)c1. The molecule has 2 N–H and O–H groups in total. The minimum Gasteiger partial charge on any atom is -0.385 e. The highest BCUT2D eigenvalue weighted by Crippen LogP contribution is 2.29. The normalized spacial score (nSPS) is 15.8. The lowest BCUT2D eigenvalue weighted by atomic mass is 9.83. The first-order chi connectivity index (χ1) is 9.94. The molecule has 0 aliphatic heterocycles. The van der Waals surface area contributed by atoms with E-state index in [0.29, 0.717) is 17.4 Å². The van der Waals surface area contributed by atoms with Gasteiger partial charge in [0.05, 0.1) is 4.90 Å². The Morgan fingerprint density at radius 1 is 1.19 bits per heavy atom. The average molecular weight is 310 g/mol. The van der Waals surface area contributed by atoms with Gasteiger partial charge < -0.3 is 5.32 Å². The summed E-state index contributed by atoms with van der Waals surface area (Å²) in [5, 5.41) is 3.23. The van der Waals surface area contributed by atoms with Crippen LogP contribution in [0.1, 0.15) is 43.7 Å². The van der Waals surface area contributed by atoms with Crippen LogP contribution in [0.25, 0.3) is 0 Å². The predicted octanol–water partition coefficient (Wildman–Crippen LogP) is 3.20. The summed E-state index contributed by atoms with van der Waals surface area (Å²) in [5.41, 5.74) is 2.56. The van der Waals surface area contributed by atoms with Crippen LogP contribution >= 0.6 is 0 Å². The Morgan fingerprint density at radius 2 is 1.81 bits per heavy atom. The van der Waals surface area contributed by atoms with Crippen molar-refractivity contribution in [1.82, 2.24) is 4.72 Å². The molecule has 0 saturated heterocycles. The Bertz CT molecular complexity index is 569. The predicted molar refractivity (Wildman–Crippen MR) is 87.2 cm³/mol. The van der Waals surface area contributed by atoms with Crippen molar-refractivity contribution in [3.8, 4) is 0 Å². The van der Waals surface area contributed by atoms with Crippen LogP contribution in [0, 0.1) is 19.8 Å². The van der Waals surface area contributed by atoms with E-state index in [1.54, 1.807) is 0 Å². The van der Waals surface area contributed by atoms with Gasteiger partial charge in [-0.25, -0.2) is 13.1 Å². The molecule has 0 amide bonds. The zero-order valence-corrected chi connectivity index (χ0v) is 14.0. The fourth-order valence-electron chi connectivity index (χ4n) is 2.93. The van der Waals surface area contributed by atoms with Crippen LogP contribution < -0.4 is 10.0 Å². The number of hydrogen-bond donors (Lipinski definition) is 2. The zero-order chi connectivity index (χ0) is 15.5. The van der Waals surface area contributed by atoms with E-state index in [2.05, 4.69) is 10.0 Å². The smallest absolute Gasteiger partial charge is 0.241 e. The van der Waals surface area contributed by atoms with Gasteiger partial charge in [0.1, 0.15) is 0 Å². The molecule has 0 radical (unpaired) electrons. The van der Waals surface area contributed by atoms with E-state index in [-0.39, 0.29) is 0 Å². The van der Waals surface area contributed by atoms with Crippen molar-refractivity contribution >= 4 is 15.7 Å². The second-order valence-electron chi connectivity index (χ2n) is 5.95. The van der Waals surface area contributed by atoms with Crippen molar-refractivity contribution in [2.24, 2.45) is 5.92 Å². The number of anilines is 1. The van der Waals surface area contributed by atoms with Crippen molar-refractivity contribution < 1.29 is 8.42 Å². The lowest BCUT2D eigenvalue weighted by Gasteiger charge is -2.25. The molecular weight excluding hydrogens is 284 g/mol. The third-order valence-corrected chi connectivity index (χ3v) is 5.94. The summed E-state index contributed by atoms with van der Waals surface area (Å²) in [6, 6.07) is 3.80. The van der Waals surface area contributed by atoms with Gasteiger partial charge in [0.2, 0.25) is 10.0 Å². The monoisotopic (exact) mass is 310 g/mol. The van der Waals surface area contributed by atoms with Crippen molar-refractivity contribution in [3.05, 3.63) is 23.3 Å². The van der Waals surface area contributed by atoms with Gasteiger partial charge in [-0.05, 0) is 56.4 Å². The standard InChI is InChI=1S/C16H26N2O2S/c1-4-17-15-10-12(2)16(13(3)11-15)21(19,20)18-9-8-14-6-5-7-14/h10-11,14,17-18H,4-9H2,1-3H3. The molecule has 1 aromatic carbocycles. The molecule has 0 unspecified atom stereocenters. The third kappa shape index (κ3) is 3.98. The lowest BCUT2D eigenvalue weighted by molar-refractivity contribution is 0.297. The number of nitrogens with one attached hydrogen (secondary N) is 2. The molecule has 21 heavy (non-hydrogen) atoms. The van der Waals surface area contributed by atoms with Crippen molar-refractivity contribution in [3.63, 3.8) is 0 Å². The maximum Gasteiger partial charge on any atom is 0.241 e. The topological polar surface area (TPSA) is 58.2 Å². The number of benzene rings is 1. The van der Waals surface area contributed by atoms with Crippen LogP contribution in [-0.2, 0) is 10.0 Å². The molecule has 1 fully saturated rings. The average Bonchev–Trinajstić information content (AvgIpc) is 2.31. The van der Waals surface area contributed by atoms with E-state index in [9.17, 15) is 8.42 Å². The molecule has 0 aromatic heterocycles. The maximum atomic E-state index is 12.5. The summed E-state index contributed by atoms with van der Waals surface area (Å²) >= 11 is 0. The first kappa shape index (κ1) is 16.3. The second kappa shape index (κ2) is 6.79. The highest BCUT2D eigenvalue weighted by Gasteiger charge is 2.22. The zero-order valence-electron chi connectivity index (χ0n) is 13.2. The molecule has 0 spiro atoms. The molecule has 1 aliphatic carbocycles. The second-order valence-corrected chi connectivity index (χ2v) is 7.66. The van der Waals surface area contributed by atoms with Gasteiger partial charge in [-0.15, -0.1) is 0 Å². The van der Waals surface area contributed by atoms with Crippen molar-refractivity contribution in [2.45, 2.75) is 51.3 Å². The Labute approximate surface area is 128 Å². The molecule has 1 aliphatic rings. The number of aryl methyl sites for hydroxylation is 2. The van der Waals surface area contributed by atoms with Crippen LogP contribution in [-0.4, -0.2) is 21.5 Å². The van der Waals surface area contributed by atoms with Gasteiger partial charge >= 0.3 is 0 Å². The first-order valence-corrected chi connectivity index (χ1v) is 9.27. The van der Waals surface area contributed by atoms with Gasteiger partial charge in [0.25, 0.3) is 0 Å². The molecule has 0 heterocycles. The largest absolute Gasteiger partial charge is 0.385 e. The van der Waals surface area contributed by atoms with Gasteiger partial charge in [-0.2, -0.15) is 0 Å². The van der Waals surface area contributed by atoms with Crippen molar-refractivity contribution in [2.75, 3.05) is 18.4 Å². The summed E-state index contributed by atoms with van der Waals surface area (Å²) in [6.45, 7) is 7.10. The molecule has 0 atom stereocenters. The summed E-state index contributed by atoms with van der Waals surface area (Å²) in [6.07, 6.45) is 4.74. The molecule has 118 valence electrons. The highest BCUT2D eigenvalue weighted by atomic mass is 32.2. The van der Waals surface area contributed by atoms with Gasteiger partial charge in [0.15, 0.2) is 0 Å². The fourth-order valence-corrected chi connectivity index (χ4v) is 4.43. The van der Waals surface area contributed by atoms with E-state index >= 15 is 0 Å². The molecule has 1 aromatic rings. The molecular formula is C16H26N2O2S. The van der Waals surface area contributed by atoms with Crippen molar-refractivity contribution in [1.29, 1.82) is 0 Å². The van der Waals surface area contributed by atoms with E-state index in [4.69, 9.17) is 0 Å². The maximum absolute atomic E-state index is 12.5.